The summed E-state index contributed by atoms with van der Waals surface area (Å²) >= 11 is 7.34. The Bertz CT molecular complexity index is 607. The summed E-state index contributed by atoms with van der Waals surface area (Å²) in [6.45, 7) is 0. The molecule has 2 rings (SSSR count). The number of halogens is 1. The predicted octanol–water partition coefficient (Wildman–Crippen LogP) is 2.60. The fourth-order valence-electron chi connectivity index (χ4n) is 1.14. The van der Waals surface area contributed by atoms with Crippen LogP contribution in [0.15, 0.2) is 17.5 Å². The van der Waals surface area contributed by atoms with Crippen LogP contribution in [0.25, 0.3) is 10.6 Å². The molecule has 0 aliphatic carbocycles. The van der Waals surface area contributed by atoms with E-state index in [4.69, 9.17) is 22.1 Å². The monoisotopic (exact) mass is 246 g/mol. The fraction of sp³-hybridized carbons (Fsp3) is 0. The molecule has 0 N–H and O–H groups in total. The van der Waals surface area contributed by atoms with Crippen molar-refractivity contribution in [2.45, 2.75) is 0 Å². The molecule has 16 heavy (non-hydrogen) atoms. The average Bonchev–Trinajstić information content (AvgIpc) is 2.82. The van der Waals surface area contributed by atoms with Crippen molar-refractivity contribution in [3.8, 4) is 22.7 Å². The second-order valence-corrected chi connectivity index (χ2v) is 4.07. The molecule has 0 radical (unpaired) electrons. The molecular weight excluding hydrogens is 244 g/mol. The first-order valence-corrected chi connectivity index (χ1v) is 5.43. The van der Waals surface area contributed by atoms with Gasteiger partial charge in [-0.25, -0.2) is 9.97 Å². The van der Waals surface area contributed by atoms with Crippen molar-refractivity contribution in [3.63, 3.8) is 0 Å². The zero-order valence-corrected chi connectivity index (χ0v) is 9.38. The first-order valence-electron chi connectivity index (χ1n) is 4.18. The lowest BCUT2D eigenvalue weighted by Gasteiger charge is -2.01. The molecule has 2 heterocycles. The Morgan fingerprint density at radius 3 is 2.44 bits per heavy atom. The molecule has 0 fully saturated rings. The maximum atomic E-state index is 8.82. The third-order valence-electron chi connectivity index (χ3n) is 1.82. The van der Waals surface area contributed by atoms with Crippen LogP contribution in [0.5, 0.6) is 0 Å². The van der Waals surface area contributed by atoms with Crippen LogP contribution in [-0.4, -0.2) is 9.97 Å². The van der Waals surface area contributed by atoms with Crippen LogP contribution >= 0.6 is 22.9 Å². The van der Waals surface area contributed by atoms with Gasteiger partial charge in [-0.2, -0.15) is 10.5 Å². The Morgan fingerprint density at radius 1 is 1.19 bits per heavy atom. The van der Waals surface area contributed by atoms with E-state index in [0.717, 1.165) is 4.88 Å². The zero-order chi connectivity index (χ0) is 11.5. The van der Waals surface area contributed by atoms with E-state index >= 15 is 0 Å². The second-order valence-electron chi connectivity index (χ2n) is 2.76. The van der Waals surface area contributed by atoms with Gasteiger partial charge >= 0.3 is 0 Å². The van der Waals surface area contributed by atoms with Crippen molar-refractivity contribution in [3.05, 3.63) is 34.1 Å². The van der Waals surface area contributed by atoms with Gasteiger partial charge in [0.05, 0.1) is 4.88 Å². The van der Waals surface area contributed by atoms with Crippen molar-refractivity contribution < 1.29 is 0 Å². The predicted molar refractivity (Wildman–Crippen MR) is 59.8 cm³/mol. The van der Waals surface area contributed by atoms with Crippen LogP contribution in [-0.2, 0) is 0 Å². The van der Waals surface area contributed by atoms with Gasteiger partial charge in [0, 0.05) is 0 Å². The molecule has 4 nitrogen and oxygen atoms in total. The first kappa shape index (κ1) is 10.6. The molecule has 0 amide bonds. The Balaban J connectivity index is 2.67. The summed E-state index contributed by atoms with van der Waals surface area (Å²) in [5, 5.41) is 19.6. The minimum absolute atomic E-state index is 0.00435. The summed E-state index contributed by atoms with van der Waals surface area (Å²) in [5.41, 5.74) is 0.385. The van der Waals surface area contributed by atoms with Gasteiger partial charge in [-0.05, 0) is 11.4 Å². The molecule has 0 aliphatic rings. The van der Waals surface area contributed by atoms with Gasteiger partial charge in [-0.3, -0.25) is 0 Å². The standard InChI is InChI=1S/C10H3ClN4S/c11-10-9(8-2-1-3-16-8)14-6(4-12)7(5-13)15-10/h1-3H. The third kappa shape index (κ3) is 1.74. The third-order valence-corrected chi connectivity index (χ3v) is 2.96. The molecule has 0 unspecified atom stereocenters. The minimum Gasteiger partial charge on any atom is -0.230 e. The normalized spacial score (nSPS) is 9.44. The highest BCUT2D eigenvalue weighted by Gasteiger charge is 2.13. The van der Waals surface area contributed by atoms with Gasteiger partial charge in [-0.15, -0.1) is 11.3 Å². The molecule has 0 saturated heterocycles. The zero-order valence-electron chi connectivity index (χ0n) is 7.81. The summed E-state index contributed by atoms with van der Waals surface area (Å²) < 4.78 is 0. The van der Waals surface area contributed by atoms with Crippen LogP contribution in [0, 0.1) is 22.7 Å². The summed E-state index contributed by atoms with van der Waals surface area (Å²) in [5.74, 6) is 0. The highest BCUT2D eigenvalue weighted by molar-refractivity contribution is 7.13. The molecule has 0 bridgehead atoms. The molecule has 2 aromatic heterocycles. The number of hydrogen-bond acceptors (Lipinski definition) is 5. The second kappa shape index (κ2) is 4.28. The average molecular weight is 247 g/mol. The highest BCUT2D eigenvalue weighted by atomic mass is 35.5. The Labute approximate surface area is 100 Å². The van der Waals surface area contributed by atoms with Crippen LogP contribution in [0.2, 0.25) is 5.15 Å². The number of rotatable bonds is 1. The minimum atomic E-state index is -0.0483. The Kier molecular flexibility index (Phi) is 2.82. The summed E-state index contributed by atoms with van der Waals surface area (Å²) in [6, 6.07) is 7.29. The number of nitrogens with zero attached hydrogens (tertiary/aromatic N) is 4. The van der Waals surface area contributed by atoms with E-state index in [1.54, 1.807) is 6.07 Å². The van der Waals surface area contributed by atoms with E-state index in [9.17, 15) is 0 Å². The lowest BCUT2D eigenvalue weighted by atomic mass is 10.3. The summed E-state index contributed by atoms with van der Waals surface area (Å²) in [7, 11) is 0. The van der Waals surface area contributed by atoms with Crippen LogP contribution in [0.1, 0.15) is 11.4 Å². The van der Waals surface area contributed by atoms with E-state index in [1.807, 2.05) is 23.6 Å². The molecule has 0 aliphatic heterocycles. The van der Waals surface area contributed by atoms with Gasteiger partial charge in [0.15, 0.2) is 16.5 Å². The van der Waals surface area contributed by atoms with Crippen molar-refractivity contribution in [2.24, 2.45) is 0 Å². The largest absolute Gasteiger partial charge is 0.230 e. The van der Waals surface area contributed by atoms with E-state index in [2.05, 4.69) is 9.97 Å². The fourth-order valence-corrected chi connectivity index (χ4v) is 2.14. The van der Waals surface area contributed by atoms with Gasteiger partial charge in [-0.1, -0.05) is 17.7 Å². The molecular formula is C10H3ClN4S. The molecule has 2 aromatic rings. The Morgan fingerprint density at radius 2 is 1.88 bits per heavy atom. The van der Waals surface area contributed by atoms with E-state index in [-0.39, 0.29) is 16.5 Å². The Hall–Kier alpha value is -1.95. The first-order chi connectivity index (χ1) is 7.76. The molecule has 6 heteroatoms. The molecule has 0 saturated carbocycles. The lowest BCUT2D eigenvalue weighted by molar-refractivity contribution is 1.14. The maximum absolute atomic E-state index is 8.82. The number of aromatic nitrogens is 2. The smallest absolute Gasteiger partial charge is 0.178 e. The van der Waals surface area contributed by atoms with Gasteiger partial charge < -0.3 is 0 Å². The van der Waals surface area contributed by atoms with E-state index in [0.29, 0.717) is 5.69 Å². The van der Waals surface area contributed by atoms with E-state index < -0.39 is 0 Å². The van der Waals surface area contributed by atoms with Crippen LogP contribution in [0.4, 0.5) is 0 Å². The quantitative estimate of drug-likeness (QED) is 0.775. The van der Waals surface area contributed by atoms with Crippen LogP contribution in [0.3, 0.4) is 0 Å². The topological polar surface area (TPSA) is 73.4 Å². The number of thiophene rings is 1. The van der Waals surface area contributed by atoms with E-state index in [1.165, 1.54) is 11.3 Å². The van der Waals surface area contributed by atoms with Gasteiger partial charge in [0.25, 0.3) is 0 Å². The molecule has 0 spiro atoms. The number of hydrogen-bond donors (Lipinski definition) is 0. The summed E-state index contributed by atoms with van der Waals surface area (Å²) in [6.07, 6.45) is 0. The van der Waals surface area contributed by atoms with Crippen molar-refractivity contribution in [2.75, 3.05) is 0 Å². The van der Waals surface area contributed by atoms with Crippen molar-refractivity contribution in [1.29, 1.82) is 10.5 Å². The maximum Gasteiger partial charge on any atom is 0.178 e. The number of nitriles is 2. The van der Waals surface area contributed by atoms with Gasteiger partial charge in [0.1, 0.15) is 17.8 Å². The summed E-state index contributed by atoms with van der Waals surface area (Å²) in [4.78, 5) is 8.70. The highest BCUT2D eigenvalue weighted by Crippen LogP contribution is 2.28. The molecule has 0 atom stereocenters. The lowest BCUT2D eigenvalue weighted by Crippen LogP contribution is -1.97. The molecule has 0 aromatic carbocycles. The van der Waals surface area contributed by atoms with Crippen molar-refractivity contribution in [1.82, 2.24) is 9.97 Å². The van der Waals surface area contributed by atoms with Gasteiger partial charge in [0.2, 0.25) is 0 Å². The molecule has 76 valence electrons. The van der Waals surface area contributed by atoms with Crippen molar-refractivity contribution >= 4 is 22.9 Å². The SMILES string of the molecule is N#Cc1nc(Cl)c(-c2cccs2)nc1C#N. The van der Waals surface area contributed by atoms with Crippen LogP contribution < -0.4 is 0 Å².